The predicted octanol–water partition coefficient (Wildman–Crippen LogP) is 9.14. The molecular formula is C42H30N4Si. The summed E-state index contributed by atoms with van der Waals surface area (Å²) in [6.07, 6.45) is 0. The van der Waals surface area contributed by atoms with Crippen molar-refractivity contribution in [3.05, 3.63) is 146 Å². The molecule has 0 unspecified atom stereocenters. The standard InChI is InChI=1S/C42H30N4Si/c1-47(2)38-24-14-11-21-31(38)39-40(47)42(44-41(43-39)27-15-5-3-6-16-27)46-35-23-13-10-20-30(35)33-25-36-32(26-37(33)46)29-19-9-12-22-34(29)45(36)28-17-7-4-8-18-28/h3-26H,1-2H3. The van der Waals surface area contributed by atoms with Gasteiger partial charge in [-0.1, -0.05) is 122 Å². The molecule has 5 heteroatoms. The van der Waals surface area contributed by atoms with Crippen molar-refractivity contribution >= 4 is 62.1 Å². The van der Waals surface area contributed by atoms with Crippen LogP contribution in [0.25, 0.3) is 77.8 Å². The van der Waals surface area contributed by atoms with Gasteiger partial charge in [0.1, 0.15) is 13.9 Å². The fraction of sp³-hybridized carbons (Fsp3) is 0.0476. The molecule has 0 amide bonds. The molecule has 0 fully saturated rings. The molecule has 0 spiro atoms. The zero-order chi connectivity index (χ0) is 31.3. The smallest absolute Gasteiger partial charge is 0.162 e. The molecule has 4 heterocycles. The van der Waals surface area contributed by atoms with Crippen molar-refractivity contribution in [2.75, 3.05) is 0 Å². The molecule has 6 aromatic carbocycles. The third kappa shape index (κ3) is 3.63. The molecule has 0 aliphatic carbocycles. The average molecular weight is 619 g/mol. The maximum Gasteiger partial charge on any atom is 0.162 e. The van der Waals surface area contributed by atoms with E-state index in [2.05, 4.69) is 162 Å². The first-order valence-electron chi connectivity index (χ1n) is 16.2. The summed E-state index contributed by atoms with van der Waals surface area (Å²) in [5, 5.41) is 7.63. The zero-order valence-electron chi connectivity index (χ0n) is 26.1. The van der Waals surface area contributed by atoms with Gasteiger partial charge in [-0.25, -0.2) is 9.97 Å². The first-order valence-corrected chi connectivity index (χ1v) is 19.2. The quantitative estimate of drug-likeness (QED) is 0.185. The van der Waals surface area contributed by atoms with E-state index in [1.54, 1.807) is 0 Å². The Morgan fingerprint density at radius 3 is 1.74 bits per heavy atom. The van der Waals surface area contributed by atoms with Gasteiger partial charge in [-0.2, -0.15) is 0 Å². The van der Waals surface area contributed by atoms with Crippen LogP contribution in [0.15, 0.2) is 146 Å². The minimum atomic E-state index is -2.17. The maximum absolute atomic E-state index is 5.51. The van der Waals surface area contributed by atoms with E-state index in [4.69, 9.17) is 9.97 Å². The Hall–Kier alpha value is -5.78. The molecule has 1 aliphatic heterocycles. The van der Waals surface area contributed by atoms with Gasteiger partial charge in [0.15, 0.2) is 5.82 Å². The summed E-state index contributed by atoms with van der Waals surface area (Å²) >= 11 is 0. The lowest BCUT2D eigenvalue weighted by atomic mass is 10.1. The fourth-order valence-corrected chi connectivity index (χ4v) is 11.1. The van der Waals surface area contributed by atoms with Crippen LogP contribution in [-0.2, 0) is 0 Å². The van der Waals surface area contributed by atoms with Crippen molar-refractivity contribution in [3.8, 4) is 34.2 Å². The lowest BCUT2D eigenvalue weighted by Crippen LogP contribution is -2.51. The molecule has 0 bridgehead atoms. The summed E-state index contributed by atoms with van der Waals surface area (Å²) in [6.45, 7) is 4.90. The minimum absolute atomic E-state index is 0.758. The zero-order valence-corrected chi connectivity index (χ0v) is 27.1. The third-order valence-electron chi connectivity index (χ3n) is 10.1. The lowest BCUT2D eigenvalue weighted by molar-refractivity contribution is 1.06. The molecule has 4 nitrogen and oxygen atoms in total. The van der Waals surface area contributed by atoms with Gasteiger partial charge in [0, 0.05) is 38.0 Å². The van der Waals surface area contributed by atoms with Gasteiger partial charge >= 0.3 is 0 Å². The Labute approximate surface area is 273 Å². The highest BCUT2D eigenvalue weighted by molar-refractivity contribution is 7.04. The van der Waals surface area contributed by atoms with Gasteiger partial charge in [-0.3, -0.25) is 4.57 Å². The Bertz CT molecular complexity index is 2700. The van der Waals surface area contributed by atoms with Crippen LogP contribution in [0.1, 0.15) is 0 Å². The number of fused-ring (bicyclic) bond motifs is 9. The van der Waals surface area contributed by atoms with Gasteiger partial charge in [0.2, 0.25) is 0 Å². The van der Waals surface area contributed by atoms with Gasteiger partial charge < -0.3 is 4.57 Å². The van der Waals surface area contributed by atoms with Crippen molar-refractivity contribution < 1.29 is 0 Å². The molecule has 9 aromatic rings. The number of benzene rings is 6. The third-order valence-corrected chi connectivity index (χ3v) is 13.6. The monoisotopic (exact) mass is 618 g/mol. The molecule has 47 heavy (non-hydrogen) atoms. The SMILES string of the molecule is C[Si]1(C)c2ccccc2-c2nc(-c3ccccc3)nc(-n3c4ccccc4c4cc5c(cc43)c3ccccc3n5-c3ccccc3)c21. The van der Waals surface area contributed by atoms with E-state index in [1.165, 1.54) is 48.5 Å². The minimum Gasteiger partial charge on any atom is -0.309 e. The molecule has 0 saturated carbocycles. The fourth-order valence-electron chi connectivity index (χ4n) is 7.98. The highest BCUT2D eigenvalue weighted by Crippen LogP contribution is 2.40. The van der Waals surface area contributed by atoms with Crippen LogP contribution < -0.4 is 10.4 Å². The first kappa shape index (κ1) is 26.4. The van der Waals surface area contributed by atoms with Crippen LogP contribution in [0.4, 0.5) is 0 Å². The second-order valence-corrected chi connectivity index (χ2v) is 17.3. The highest BCUT2D eigenvalue weighted by atomic mass is 28.3. The molecule has 0 radical (unpaired) electrons. The van der Waals surface area contributed by atoms with Gasteiger partial charge in [0.25, 0.3) is 0 Å². The van der Waals surface area contributed by atoms with Crippen LogP contribution in [0.5, 0.6) is 0 Å². The molecule has 0 atom stereocenters. The van der Waals surface area contributed by atoms with E-state index < -0.39 is 8.07 Å². The van der Waals surface area contributed by atoms with E-state index in [0.717, 1.165) is 39.6 Å². The Morgan fingerprint density at radius 1 is 0.489 bits per heavy atom. The summed E-state index contributed by atoms with van der Waals surface area (Å²) in [5.41, 5.74) is 9.23. The Kier molecular flexibility index (Phi) is 5.41. The summed E-state index contributed by atoms with van der Waals surface area (Å²) in [7, 11) is -2.17. The summed E-state index contributed by atoms with van der Waals surface area (Å²) < 4.78 is 4.84. The van der Waals surface area contributed by atoms with Crippen molar-refractivity contribution in [2.24, 2.45) is 0 Å². The van der Waals surface area contributed by atoms with E-state index in [-0.39, 0.29) is 0 Å². The first-order chi connectivity index (χ1) is 23.1. The largest absolute Gasteiger partial charge is 0.309 e. The number of hydrogen-bond acceptors (Lipinski definition) is 2. The van der Waals surface area contributed by atoms with E-state index in [0.29, 0.717) is 0 Å². The lowest BCUT2D eigenvalue weighted by Gasteiger charge is -2.22. The number of nitrogens with zero attached hydrogens (tertiary/aromatic N) is 4. The van der Waals surface area contributed by atoms with Crippen molar-refractivity contribution in [1.82, 2.24) is 19.1 Å². The summed E-state index contributed by atoms with van der Waals surface area (Å²) in [6, 6.07) is 52.3. The van der Waals surface area contributed by atoms with E-state index in [9.17, 15) is 0 Å². The average Bonchev–Trinajstić information content (AvgIpc) is 3.71. The van der Waals surface area contributed by atoms with Crippen LogP contribution in [0.2, 0.25) is 13.1 Å². The number of aromatic nitrogens is 4. The molecular weight excluding hydrogens is 589 g/mol. The van der Waals surface area contributed by atoms with E-state index >= 15 is 0 Å². The van der Waals surface area contributed by atoms with Crippen molar-refractivity contribution in [2.45, 2.75) is 13.1 Å². The van der Waals surface area contributed by atoms with Crippen LogP contribution in [0, 0.1) is 0 Å². The Morgan fingerprint density at radius 2 is 1.04 bits per heavy atom. The van der Waals surface area contributed by atoms with E-state index in [1.807, 2.05) is 6.07 Å². The van der Waals surface area contributed by atoms with Crippen molar-refractivity contribution in [3.63, 3.8) is 0 Å². The molecule has 10 rings (SSSR count). The van der Waals surface area contributed by atoms with Crippen molar-refractivity contribution in [1.29, 1.82) is 0 Å². The van der Waals surface area contributed by atoms with Crippen LogP contribution >= 0.6 is 0 Å². The predicted molar refractivity (Wildman–Crippen MR) is 198 cm³/mol. The topological polar surface area (TPSA) is 35.6 Å². The second kappa shape index (κ2) is 9.61. The number of hydrogen-bond donors (Lipinski definition) is 0. The molecule has 222 valence electrons. The van der Waals surface area contributed by atoms with Gasteiger partial charge in [-0.05, 0) is 47.1 Å². The summed E-state index contributed by atoms with van der Waals surface area (Å²) in [4.78, 5) is 10.8. The molecule has 3 aromatic heterocycles. The molecule has 1 aliphatic rings. The van der Waals surface area contributed by atoms with Crippen LogP contribution in [0.3, 0.4) is 0 Å². The normalized spacial score (nSPS) is 13.5. The number of rotatable bonds is 3. The maximum atomic E-state index is 5.51. The highest BCUT2D eigenvalue weighted by Gasteiger charge is 2.42. The number of para-hydroxylation sites is 3. The van der Waals surface area contributed by atoms with Gasteiger partial charge in [0.05, 0.1) is 27.8 Å². The summed E-state index contributed by atoms with van der Waals surface area (Å²) in [5.74, 6) is 1.76. The molecule has 0 N–H and O–H groups in total. The Balaban J connectivity index is 1.38. The second-order valence-electron chi connectivity index (χ2n) is 13.1. The van der Waals surface area contributed by atoms with Crippen LogP contribution in [-0.4, -0.2) is 27.2 Å². The van der Waals surface area contributed by atoms with Gasteiger partial charge in [-0.15, -0.1) is 0 Å². The molecule has 0 saturated heterocycles.